The molecule has 0 atom stereocenters. The fourth-order valence-electron chi connectivity index (χ4n) is 5.08. The van der Waals surface area contributed by atoms with Crippen molar-refractivity contribution in [3.05, 3.63) is 71.0 Å². The molecule has 13 heteroatoms. The maximum Gasteiger partial charge on any atom is 0.240 e. The quantitative estimate of drug-likeness (QED) is 0.171. The minimum atomic E-state index is -3.91. The highest BCUT2D eigenvalue weighted by molar-refractivity contribution is 7.89. The predicted octanol–water partition coefficient (Wildman–Crippen LogP) is 5.72. The number of benzene rings is 2. The predicted molar refractivity (Wildman–Crippen MR) is 178 cm³/mol. The summed E-state index contributed by atoms with van der Waals surface area (Å²) < 4.78 is 39.1. The van der Waals surface area contributed by atoms with Crippen LogP contribution in [0.3, 0.4) is 0 Å². The van der Waals surface area contributed by atoms with Gasteiger partial charge in [-0.05, 0) is 50.1 Å². The van der Waals surface area contributed by atoms with Crippen molar-refractivity contribution in [3.8, 4) is 28.5 Å². The Balaban J connectivity index is 1.29. The summed E-state index contributed by atoms with van der Waals surface area (Å²) in [6, 6.07) is 14.9. The Hall–Kier alpha value is -4.49. The Morgan fingerprint density at radius 1 is 0.783 bits per heavy atom. The molecule has 0 aliphatic carbocycles. The minimum absolute atomic E-state index is 0.0676. The van der Waals surface area contributed by atoms with Crippen LogP contribution in [0.1, 0.15) is 70.5 Å². The standard InChI is InChI=1S/C33H41N9O3S/c1-20-10-11-25(21(2)14-20)45-13-9-12-34-46(43,44)24-16-22(30-35-28-18-26(32(3,4)5)37-41(28)39-30)15-23(17-24)31-36-29-19-27(33(6,7)8)38-42(29)40-31/h10-11,14-19,34,37-38H,9,12-13H2,1-8H3. The number of hydrogen-bond acceptors (Lipinski definition) is 7. The molecule has 0 saturated heterocycles. The Morgan fingerprint density at radius 3 is 1.80 bits per heavy atom. The SMILES string of the molecule is Cc1ccc(OCCCNS(=O)(=O)c2cc(-c3nc4cc(C(C)(C)C)[nH]n4n3)cc(-c3nc4cc(C(C)(C)C)[nH]n4n3)c2)c(C)c1. The summed E-state index contributed by atoms with van der Waals surface area (Å²) >= 11 is 0. The van der Waals surface area contributed by atoms with Crippen molar-refractivity contribution in [2.75, 3.05) is 13.2 Å². The lowest BCUT2D eigenvalue weighted by atomic mass is 9.93. The smallest absolute Gasteiger partial charge is 0.240 e. The minimum Gasteiger partial charge on any atom is -0.493 e. The second-order valence-corrected chi connectivity index (χ2v) is 15.6. The van der Waals surface area contributed by atoms with Crippen molar-refractivity contribution >= 4 is 21.3 Å². The van der Waals surface area contributed by atoms with Gasteiger partial charge < -0.3 is 4.74 Å². The van der Waals surface area contributed by atoms with Gasteiger partial charge in [-0.2, -0.15) is 9.26 Å². The third-order valence-electron chi connectivity index (χ3n) is 7.81. The number of nitrogens with zero attached hydrogens (tertiary/aromatic N) is 6. The highest BCUT2D eigenvalue weighted by Gasteiger charge is 2.23. The van der Waals surface area contributed by atoms with Gasteiger partial charge in [-0.15, -0.1) is 10.2 Å². The fraction of sp³-hybridized carbons (Fsp3) is 0.394. The first-order valence-corrected chi connectivity index (χ1v) is 16.8. The maximum absolute atomic E-state index is 13.6. The van der Waals surface area contributed by atoms with E-state index in [0.717, 1.165) is 28.3 Å². The first-order chi connectivity index (χ1) is 21.6. The molecule has 4 heterocycles. The number of sulfonamides is 1. The molecule has 6 aromatic rings. The van der Waals surface area contributed by atoms with Gasteiger partial charge in [-0.1, -0.05) is 59.2 Å². The first kappa shape index (κ1) is 31.5. The number of aromatic amines is 2. The molecule has 0 radical (unpaired) electrons. The van der Waals surface area contributed by atoms with E-state index in [2.05, 4.69) is 72.7 Å². The van der Waals surface area contributed by atoms with Crippen molar-refractivity contribution in [3.63, 3.8) is 0 Å². The van der Waals surface area contributed by atoms with Gasteiger partial charge >= 0.3 is 0 Å². The molecule has 6 rings (SSSR count). The van der Waals surface area contributed by atoms with E-state index in [0.29, 0.717) is 47.1 Å². The number of aromatic nitrogens is 8. The highest BCUT2D eigenvalue weighted by Crippen LogP contribution is 2.30. The lowest BCUT2D eigenvalue weighted by Crippen LogP contribution is -2.26. The van der Waals surface area contributed by atoms with Crippen molar-refractivity contribution in [2.24, 2.45) is 0 Å². The fourth-order valence-corrected chi connectivity index (χ4v) is 6.23. The molecule has 12 nitrogen and oxygen atoms in total. The van der Waals surface area contributed by atoms with Crippen LogP contribution in [0.25, 0.3) is 34.1 Å². The van der Waals surface area contributed by atoms with Gasteiger partial charge in [0, 0.05) is 52.0 Å². The molecule has 0 amide bonds. The summed E-state index contributed by atoms with van der Waals surface area (Å²) in [5.74, 6) is 1.56. The molecule has 0 fully saturated rings. The van der Waals surface area contributed by atoms with Crippen LogP contribution < -0.4 is 9.46 Å². The third kappa shape index (κ3) is 6.42. The van der Waals surface area contributed by atoms with Crippen molar-refractivity contribution < 1.29 is 13.2 Å². The number of rotatable bonds is 9. The number of H-pyrrole nitrogens is 2. The number of nitrogens with one attached hydrogen (secondary N) is 3. The average Bonchev–Trinajstić information content (AvgIpc) is 3.72. The molecular formula is C33H41N9O3S. The van der Waals surface area contributed by atoms with Crippen LogP contribution in [0.15, 0.2) is 53.4 Å². The molecule has 0 unspecified atom stereocenters. The number of fused-ring (bicyclic) bond motifs is 2. The summed E-state index contributed by atoms with van der Waals surface area (Å²) in [5, 5.41) is 15.8. The Labute approximate surface area is 268 Å². The summed E-state index contributed by atoms with van der Waals surface area (Å²) in [5.41, 5.74) is 6.30. The van der Waals surface area contributed by atoms with E-state index in [-0.39, 0.29) is 22.3 Å². The zero-order valence-electron chi connectivity index (χ0n) is 27.6. The summed E-state index contributed by atoms with van der Waals surface area (Å²) in [6.45, 7) is 17.2. The lowest BCUT2D eigenvalue weighted by Gasteiger charge is -2.15. The monoisotopic (exact) mass is 643 g/mol. The van der Waals surface area contributed by atoms with Crippen molar-refractivity contribution in [1.82, 2.24) is 44.3 Å². The van der Waals surface area contributed by atoms with Crippen LogP contribution in [-0.2, 0) is 20.9 Å². The van der Waals surface area contributed by atoms with E-state index >= 15 is 0 Å². The average molecular weight is 644 g/mol. The van der Waals surface area contributed by atoms with Crippen LogP contribution in [0, 0.1) is 13.8 Å². The molecule has 0 aliphatic heterocycles. The Morgan fingerprint density at radius 2 is 1.33 bits per heavy atom. The van der Waals surface area contributed by atoms with Crippen LogP contribution in [-0.4, -0.2) is 61.2 Å². The number of ether oxygens (including phenoxy) is 1. The van der Waals surface area contributed by atoms with E-state index < -0.39 is 10.0 Å². The van der Waals surface area contributed by atoms with Gasteiger partial charge in [-0.3, -0.25) is 10.2 Å². The van der Waals surface area contributed by atoms with Crippen LogP contribution in [0.2, 0.25) is 0 Å². The zero-order valence-corrected chi connectivity index (χ0v) is 28.4. The molecule has 3 N–H and O–H groups in total. The topological polar surface area (TPSA) is 147 Å². The van der Waals surface area contributed by atoms with Gasteiger partial charge in [0.2, 0.25) is 10.0 Å². The maximum atomic E-state index is 13.6. The van der Waals surface area contributed by atoms with Gasteiger partial charge in [0.15, 0.2) is 22.9 Å². The lowest BCUT2D eigenvalue weighted by molar-refractivity contribution is 0.309. The highest BCUT2D eigenvalue weighted by atomic mass is 32.2. The van der Waals surface area contributed by atoms with Gasteiger partial charge in [0.25, 0.3) is 0 Å². The molecule has 4 aromatic heterocycles. The molecule has 46 heavy (non-hydrogen) atoms. The second-order valence-electron chi connectivity index (χ2n) is 13.9. The van der Waals surface area contributed by atoms with E-state index in [4.69, 9.17) is 14.7 Å². The largest absolute Gasteiger partial charge is 0.493 e. The van der Waals surface area contributed by atoms with E-state index in [1.165, 1.54) is 0 Å². The summed E-state index contributed by atoms with van der Waals surface area (Å²) in [4.78, 5) is 9.49. The van der Waals surface area contributed by atoms with Crippen LogP contribution in [0.4, 0.5) is 0 Å². The van der Waals surface area contributed by atoms with Gasteiger partial charge in [-0.25, -0.2) is 23.1 Å². The van der Waals surface area contributed by atoms with E-state index in [1.54, 1.807) is 21.4 Å². The summed E-state index contributed by atoms with van der Waals surface area (Å²) in [7, 11) is -3.91. The molecular weight excluding hydrogens is 602 g/mol. The molecule has 242 valence electrons. The summed E-state index contributed by atoms with van der Waals surface area (Å²) in [6.07, 6.45) is 0.492. The van der Waals surface area contributed by atoms with Crippen molar-refractivity contribution in [2.45, 2.75) is 77.5 Å². The molecule has 0 aliphatic rings. The van der Waals surface area contributed by atoms with Crippen molar-refractivity contribution in [1.29, 1.82) is 0 Å². The molecule has 0 bridgehead atoms. The van der Waals surface area contributed by atoms with Crippen LogP contribution in [0.5, 0.6) is 5.75 Å². The van der Waals surface area contributed by atoms with Gasteiger partial charge in [0.1, 0.15) is 5.75 Å². The zero-order chi connectivity index (χ0) is 33.0. The Kier molecular flexibility index (Phi) is 7.80. The van der Waals surface area contributed by atoms with E-state index in [9.17, 15) is 8.42 Å². The number of hydrogen-bond donors (Lipinski definition) is 3. The molecule has 0 spiro atoms. The van der Waals surface area contributed by atoms with E-state index in [1.807, 2.05) is 44.2 Å². The van der Waals surface area contributed by atoms with Gasteiger partial charge in [0.05, 0.1) is 11.5 Å². The molecule has 2 aromatic carbocycles. The second kappa shape index (κ2) is 11.4. The molecule has 0 saturated carbocycles. The van der Waals surface area contributed by atoms with Crippen LogP contribution >= 0.6 is 0 Å². The normalized spacial score (nSPS) is 12.9. The third-order valence-corrected chi connectivity index (χ3v) is 9.25. The Bertz CT molecular complexity index is 1990. The first-order valence-electron chi connectivity index (χ1n) is 15.3. The number of aryl methyl sites for hydroxylation is 2.